The molecule has 1 aliphatic rings. The first-order valence-electron chi connectivity index (χ1n) is 8.59. The molecule has 1 atom stereocenters. The second-order valence-corrected chi connectivity index (χ2v) is 7.85. The third-order valence-corrected chi connectivity index (χ3v) is 4.39. The summed E-state index contributed by atoms with van der Waals surface area (Å²) in [7, 11) is 0. The summed E-state index contributed by atoms with van der Waals surface area (Å²) in [5, 5.41) is 13.3. The van der Waals surface area contributed by atoms with Crippen LogP contribution >= 0.6 is 0 Å². The highest BCUT2D eigenvalue weighted by molar-refractivity contribution is 5.14. The Morgan fingerprint density at radius 1 is 1.18 bits per heavy atom. The fraction of sp³-hybridized carbons (Fsp3) is 0.684. The number of aliphatic hydroxyl groups is 1. The van der Waals surface area contributed by atoms with Crippen LogP contribution < -0.4 is 5.32 Å². The van der Waals surface area contributed by atoms with Crippen molar-refractivity contribution in [1.29, 1.82) is 0 Å². The molecule has 124 valence electrons. The molecule has 0 radical (unpaired) electrons. The molecule has 0 aliphatic carbocycles. The van der Waals surface area contributed by atoms with Crippen LogP contribution in [0.15, 0.2) is 30.3 Å². The highest BCUT2D eigenvalue weighted by Gasteiger charge is 2.24. The molecule has 3 nitrogen and oxygen atoms in total. The van der Waals surface area contributed by atoms with Crippen LogP contribution in [0.5, 0.6) is 0 Å². The van der Waals surface area contributed by atoms with Gasteiger partial charge < -0.3 is 10.4 Å². The topological polar surface area (TPSA) is 35.5 Å². The van der Waals surface area contributed by atoms with E-state index in [1.165, 1.54) is 18.4 Å². The van der Waals surface area contributed by atoms with Crippen molar-refractivity contribution in [2.24, 2.45) is 5.41 Å². The molecule has 3 heteroatoms. The van der Waals surface area contributed by atoms with Crippen LogP contribution in [0.2, 0.25) is 0 Å². The van der Waals surface area contributed by atoms with Crippen molar-refractivity contribution >= 4 is 0 Å². The van der Waals surface area contributed by atoms with Gasteiger partial charge in [0.05, 0.1) is 6.61 Å². The largest absolute Gasteiger partial charge is 0.395 e. The second-order valence-electron chi connectivity index (χ2n) is 7.85. The monoisotopic (exact) mass is 304 g/mol. The zero-order valence-corrected chi connectivity index (χ0v) is 14.4. The molecule has 1 aromatic rings. The SMILES string of the molecule is CC(C)(C)CC(CO)NC1CCN(Cc2ccccc2)CC1. The molecular weight excluding hydrogens is 272 g/mol. The molecule has 0 spiro atoms. The van der Waals surface area contributed by atoms with Gasteiger partial charge in [-0.3, -0.25) is 4.90 Å². The zero-order chi connectivity index (χ0) is 16.0. The van der Waals surface area contributed by atoms with E-state index in [9.17, 15) is 5.11 Å². The van der Waals surface area contributed by atoms with Crippen molar-refractivity contribution < 1.29 is 5.11 Å². The van der Waals surface area contributed by atoms with E-state index in [1.807, 2.05) is 0 Å². The van der Waals surface area contributed by atoms with Crippen LogP contribution in [0.1, 0.15) is 45.6 Å². The lowest BCUT2D eigenvalue weighted by Gasteiger charge is -2.35. The molecule has 0 bridgehead atoms. The Balaban J connectivity index is 1.74. The molecule has 0 saturated carbocycles. The number of aliphatic hydroxyl groups excluding tert-OH is 1. The third kappa shape index (κ3) is 6.07. The van der Waals surface area contributed by atoms with Gasteiger partial charge in [-0.25, -0.2) is 0 Å². The highest BCUT2D eigenvalue weighted by atomic mass is 16.3. The van der Waals surface area contributed by atoms with Crippen LogP contribution in [0.3, 0.4) is 0 Å². The van der Waals surface area contributed by atoms with E-state index in [1.54, 1.807) is 0 Å². The molecular formula is C19H32N2O. The zero-order valence-electron chi connectivity index (χ0n) is 14.4. The van der Waals surface area contributed by atoms with Crippen molar-refractivity contribution in [3.05, 3.63) is 35.9 Å². The lowest BCUT2D eigenvalue weighted by molar-refractivity contribution is 0.149. The average Bonchev–Trinajstić information content (AvgIpc) is 2.48. The van der Waals surface area contributed by atoms with Crippen LogP contribution in [-0.4, -0.2) is 41.8 Å². The van der Waals surface area contributed by atoms with Crippen LogP contribution in [0.25, 0.3) is 0 Å². The first-order chi connectivity index (χ1) is 10.5. The van der Waals surface area contributed by atoms with Crippen LogP contribution in [0.4, 0.5) is 0 Å². The minimum atomic E-state index is 0.227. The van der Waals surface area contributed by atoms with Crippen LogP contribution in [0, 0.1) is 5.41 Å². The number of hydrogen-bond donors (Lipinski definition) is 2. The normalized spacial score (nSPS) is 19.3. The van der Waals surface area contributed by atoms with E-state index in [0.29, 0.717) is 6.04 Å². The summed E-state index contributed by atoms with van der Waals surface area (Å²) in [6.07, 6.45) is 3.37. The Morgan fingerprint density at radius 2 is 1.82 bits per heavy atom. The van der Waals surface area contributed by atoms with E-state index < -0.39 is 0 Å². The van der Waals surface area contributed by atoms with E-state index >= 15 is 0 Å². The standard InChI is InChI=1S/C19H32N2O/c1-19(2,3)13-18(15-22)20-17-9-11-21(12-10-17)14-16-7-5-4-6-8-16/h4-8,17-18,20,22H,9-15H2,1-3H3. The van der Waals surface area contributed by atoms with E-state index in [-0.39, 0.29) is 18.1 Å². The maximum absolute atomic E-state index is 9.59. The van der Waals surface area contributed by atoms with Crippen LogP contribution in [-0.2, 0) is 6.54 Å². The van der Waals surface area contributed by atoms with Gasteiger partial charge in [0, 0.05) is 18.6 Å². The molecule has 22 heavy (non-hydrogen) atoms. The molecule has 1 unspecified atom stereocenters. The van der Waals surface area contributed by atoms with Crippen molar-refractivity contribution in [3.8, 4) is 0 Å². The summed E-state index contributed by atoms with van der Waals surface area (Å²) in [5.41, 5.74) is 1.66. The number of hydrogen-bond acceptors (Lipinski definition) is 3. The average molecular weight is 304 g/mol. The predicted octanol–water partition coefficient (Wildman–Crippen LogP) is 3.04. The molecule has 1 fully saturated rings. The molecule has 1 aromatic carbocycles. The van der Waals surface area contributed by atoms with E-state index in [4.69, 9.17) is 0 Å². The Labute approximate surface area is 135 Å². The summed E-state index contributed by atoms with van der Waals surface area (Å²) >= 11 is 0. The van der Waals surface area contributed by atoms with Gasteiger partial charge in [0.15, 0.2) is 0 Å². The molecule has 1 aliphatic heterocycles. The molecule has 1 heterocycles. The highest BCUT2D eigenvalue weighted by Crippen LogP contribution is 2.22. The Kier molecular flexibility index (Phi) is 6.42. The van der Waals surface area contributed by atoms with Gasteiger partial charge in [0.25, 0.3) is 0 Å². The van der Waals surface area contributed by atoms with Gasteiger partial charge in [0.2, 0.25) is 0 Å². The lowest BCUT2D eigenvalue weighted by atomic mass is 9.87. The summed E-state index contributed by atoms with van der Waals surface area (Å²) in [6, 6.07) is 11.5. The number of benzene rings is 1. The minimum absolute atomic E-state index is 0.227. The Hall–Kier alpha value is -0.900. The maximum atomic E-state index is 9.59. The Bertz CT molecular complexity index is 419. The first kappa shape index (κ1) is 17.5. The molecule has 0 amide bonds. The quantitative estimate of drug-likeness (QED) is 0.848. The van der Waals surface area contributed by atoms with Gasteiger partial charge in [0.1, 0.15) is 0 Å². The fourth-order valence-corrected chi connectivity index (χ4v) is 3.35. The molecule has 1 saturated heterocycles. The predicted molar refractivity (Wildman–Crippen MR) is 92.8 cm³/mol. The third-order valence-electron chi connectivity index (χ3n) is 4.39. The molecule has 2 N–H and O–H groups in total. The van der Waals surface area contributed by atoms with Gasteiger partial charge in [-0.2, -0.15) is 0 Å². The summed E-state index contributed by atoms with van der Waals surface area (Å²) in [6.45, 7) is 10.3. The number of nitrogens with one attached hydrogen (secondary N) is 1. The number of rotatable bonds is 6. The summed E-state index contributed by atoms with van der Waals surface area (Å²) in [5.74, 6) is 0. The smallest absolute Gasteiger partial charge is 0.0584 e. The van der Waals surface area contributed by atoms with Crippen molar-refractivity contribution in [2.45, 2.75) is 58.7 Å². The van der Waals surface area contributed by atoms with E-state index in [2.05, 4.69) is 61.3 Å². The first-order valence-corrected chi connectivity index (χ1v) is 8.59. The summed E-state index contributed by atoms with van der Waals surface area (Å²) < 4.78 is 0. The maximum Gasteiger partial charge on any atom is 0.0584 e. The molecule has 2 rings (SSSR count). The van der Waals surface area contributed by atoms with Gasteiger partial charge >= 0.3 is 0 Å². The van der Waals surface area contributed by atoms with E-state index in [0.717, 1.165) is 26.1 Å². The van der Waals surface area contributed by atoms with Gasteiger partial charge in [-0.1, -0.05) is 51.1 Å². The Morgan fingerprint density at radius 3 is 2.36 bits per heavy atom. The fourth-order valence-electron chi connectivity index (χ4n) is 3.35. The lowest BCUT2D eigenvalue weighted by Crippen LogP contribution is -2.48. The van der Waals surface area contributed by atoms with Gasteiger partial charge in [-0.15, -0.1) is 0 Å². The second kappa shape index (κ2) is 8.09. The minimum Gasteiger partial charge on any atom is -0.395 e. The number of nitrogens with zero attached hydrogens (tertiary/aromatic N) is 1. The molecule has 0 aromatic heterocycles. The van der Waals surface area contributed by atoms with Crippen molar-refractivity contribution in [1.82, 2.24) is 10.2 Å². The number of piperidine rings is 1. The van der Waals surface area contributed by atoms with Gasteiger partial charge in [-0.05, 0) is 43.3 Å². The van der Waals surface area contributed by atoms with Crippen molar-refractivity contribution in [3.63, 3.8) is 0 Å². The van der Waals surface area contributed by atoms with Crippen molar-refractivity contribution in [2.75, 3.05) is 19.7 Å². The summed E-state index contributed by atoms with van der Waals surface area (Å²) in [4.78, 5) is 2.53. The number of likely N-dealkylation sites (tertiary alicyclic amines) is 1.